The number of hydrogen-bond donors (Lipinski definition) is 1. The van der Waals surface area contributed by atoms with Crippen LogP contribution in [0.5, 0.6) is 0 Å². The molecular formula is C13H18N2S. The number of hydrogen-bond acceptors (Lipinski definition) is 3. The average Bonchev–Trinajstić information content (AvgIpc) is 2.68. The Kier molecular flexibility index (Phi) is 3.56. The van der Waals surface area contributed by atoms with Gasteiger partial charge in [-0.15, -0.1) is 11.3 Å². The highest BCUT2D eigenvalue weighted by Crippen LogP contribution is 2.27. The molecule has 16 heavy (non-hydrogen) atoms. The number of aryl methyl sites for hydroxylation is 1. The minimum absolute atomic E-state index is 0.498. The van der Waals surface area contributed by atoms with Gasteiger partial charge in [0.1, 0.15) is 0 Å². The summed E-state index contributed by atoms with van der Waals surface area (Å²) < 4.78 is 1.30. The van der Waals surface area contributed by atoms with Crippen molar-refractivity contribution in [1.29, 1.82) is 0 Å². The molecule has 0 aliphatic heterocycles. The summed E-state index contributed by atoms with van der Waals surface area (Å²) in [7, 11) is 0. The van der Waals surface area contributed by atoms with Crippen molar-refractivity contribution in [2.45, 2.75) is 26.7 Å². The van der Waals surface area contributed by atoms with Crippen LogP contribution < -0.4 is 5.32 Å². The Morgan fingerprint density at radius 2 is 2.25 bits per heavy atom. The summed E-state index contributed by atoms with van der Waals surface area (Å²) >= 11 is 1.81. The second kappa shape index (κ2) is 4.93. The predicted octanol–water partition coefficient (Wildman–Crippen LogP) is 3.32. The van der Waals surface area contributed by atoms with Crippen LogP contribution in [-0.2, 0) is 0 Å². The van der Waals surface area contributed by atoms with E-state index >= 15 is 0 Å². The van der Waals surface area contributed by atoms with Gasteiger partial charge in [0.15, 0.2) is 0 Å². The van der Waals surface area contributed by atoms with Gasteiger partial charge in [-0.3, -0.25) is 0 Å². The zero-order valence-electron chi connectivity index (χ0n) is 10.1. The third-order valence-corrected chi connectivity index (χ3v) is 3.95. The van der Waals surface area contributed by atoms with Crippen LogP contribution in [0.3, 0.4) is 0 Å². The summed E-state index contributed by atoms with van der Waals surface area (Å²) in [5, 5.41) is 4.61. The largest absolute Gasteiger partial charge is 0.316 e. The van der Waals surface area contributed by atoms with Crippen LogP contribution in [0.15, 0.2) is 18.2 Å². The lowest BCUT2D eigenvalue weighted by Crippen LogP contribution is -2.19. The molecule has 0 saturated carbocycles. The minimum Gasteiger partial charge on any atom is -0.316 e. The maximum absolute atomic E-state index is 4.70. The summed E-state index contributed by atoms with van der Waals surface area (Å²) in [4.78, 5) is 4.70. The van der Waals surface area contributed by atoms with E-state index in [1.165, 1.54) is 15.3 Å². The van der Waals surface area contributed by atoms with E-state index in [-0.39, 0.29) is 0 Å². The Balaban J connectivity index is 2.25. The Morgan fingerprint density at radius 1 is 1.44 bits per heavy atom. The first-order valence-corrected chi connectivity index (χ1v) is 6.60. The fraction of sp³-hybridized carbons (Fsp3) is 0.462. The van der Waals surface area contributed by atoms with Gasteiger partial charge in [-0.25, -0.2) is 4.98 Å². The molecule has 0 amide bonds. The topological polar surface area (TPSA) is 24.9 Å². The molecule has 2 nitrogen and oxygen atoms in total. The Hall–Kier alpha value is -0.930. The highest BCUT2D eigenvalue weighted by atomic mass is 32.1. The predicted molar refractivity (Wildman–Crippen MR) is 71.3 cm³/mol. The van der Waals surface area contributed by atoms with Crippen LogP contribution in [0.25, 0.3) is 10.2 Å². The van der Waals surface area contributed by atoms with E-state index in [2.05, 4.69) is 44.3 Å². The van der Waals surface area contributed by atoms with Gasteiger partial charge in [-0.1, -0.05) is 19.9 Å². The van der Waals surface area contributed by atoms with Gasteiger partial charge in [0, 0.05) is 12.5 Å². The molecule has 1 atom stereocenters. The molecule has 1 aromatic carbocycles. The zero-order valence-corrected chi connectivity index (χ0v) is 10.9. The SMILES string of the molecule is CCNCC(C)c1nc2cc(C)ccc2s1. The smallest absolute Gasteiger partial charge is 0.0979 e. The van der Waals surface area contributed by atoms with E-state index < -0.39 is 0 Å². The van der Waals surface area contributed by atoms with E-state index in [1.54, 1.807) is 0 Å². The van der Waals surface area contributed by atoms with E-state index in [4.69, 9.17) is 4.98 Å². The zero-order chi connectivity index (χ0) is 11.5. The maximum atomic E-state index is 4.70. The highest BCUT2D eigenvalue weighted by Gasteiger charge is 2.10. The Morgan fingerprint density at radius 3 is 3.00 bits per heavy atom. The van der Waals surface area contributed by atoms with Crippen LogP contribution in [0.2, 0.25) is 0 Å². The first-order chi connectivity index (χ1) is 7.70. The van der Waals surface area contributed by atoms with Gasteiger partial charge in [-0.2, -0.15) is 0 Å². The molecule has 1 unspecified atom stereocenters. The van der Waals surface area contributed by atoms with Crippen molar-refractivity contribution in [3.63, 3.8) is 0 Å². The fourth-order valence-corrected chi connectivity index (χ4v) is 2.71. The Labute approximate surface area is 101 Å². The molecule has 86 valence electrons. The fourth-order valence-electron chi connectivity index (χ4n) is 1.71. The van der Waals surface area contributed by atoms with Crippen LogP contribution in [0.1, 0.15) is 30.3 Å². The van der Waals surface area contributed by atoms with Crippen molar-refractivity contribution < 1.29 is 0 Å². The van der Waals surface area contributed by atoms with Crippen LogP contribution in [0, 0.1) is 6.92 Å². The lowest BCUT2D eigenvalue weighted by atomic mass is 10.2. The molecule has 0 fully saturated rings. The third-order valence-electron chi connectivity index (χ3n) is 2.68. The summed E-state index contributed by atoms with van der Waals surface area (Å²) in [6.07, 6.45) is 0. The molecule has 0 aliphatic carbocycles. The molecule has 3 heteroatoms. The van der Waals surface area contributed by atoms with Crippen molar-refractivity contribution in [3.8, 4) is 0 Å². The molecule has 2 aromatic rings. The second-order valence-corrected chi connectivity index (χ2v) is 5.29. The van der Waals surface area contributed by atoms with E-state index in [0.717, 1.165) is 18.6 Å². The standard InChI is InChI=1S/C13H18N2S/c1-4-14-8-10(3)13-15-11-7-9(2)5-6-12(11)16-13/h5-7,10,14H,4,8H2,1-3H3. The van der Waals surface area contributed by atoms with Crippen molar-refractivity contribution in [3.05, 3.63) is 28.8 Å². The first-order valence-electron chi connectivity index (χ1n) is 5.78. The van der Waals surface area contributed by atoms with Crippen LogP contribution in [0.4, 0.5) is 0 Å². The van der Waals surface area contributed by atoms with Crippen molar-refractivity contribution in [2.75, 3.05) is 13.1 Å². The van der Waals surface area contributed by atoms with Gasteiger partial charge in [0.25, 0.3) is 0 Å². The molecule has 0 bridgehead atoms. The van der Waals surface area contributed by atoms with Crippen molar-refractivity contribution in [1.82, 2.24) is 10.3 Å². The quantitative estimate of drug-likeness (QED) is 0.878. The van der Waals surface area contributed by atoms with Crippen molar-refractivity contribution in [2.24, 2.45) is 0 Å². The second-order valence-electron chi connectivity index (χ2n) is 4.23. The number of rotatable bonds is 4. The summed E-state index contributed by atoms with van der Waals surface area (Å²) in [6, 6.07) is 6.49. The van der Waals surface area contributed by atoms with E-state index in [9.17, 15) is 0 Å². The van der Waals surface area contributed by atoms with Crippen molar-refractivity contribution >= 4 is 21.6 Å². The number of likely N-dealkylation sites (N-methyl/N-ethyl adjacent to an activating group) is 1. The molecule has 0 aliphatic rings. The number of fused-ring (bicyclic) bond motifs is 1. The van der Waals surface area contributed by atoms with E-state index in [0.29, 0.717) is 5.92 Å². The molecule has 1 aromatic heterocycles. The number of benzene rings is 1. The number of nitrogens with one attached hydrogen (secondary N) is 1. The van der Waals surface area contributed by atoms with Gasteiger partial charge in [0.05, 0.1) is 15.2 Å². The molecule has 1 heterocycles. The van der Waals surface area contributed by atoms with Gasteiger partial charge < -0.3 is 5.32 Å². The number of thiazole rings is 1. The van der Waals surface area contributed by atoms with Gasteiger partial charge in [-0.05, 0) is 31.2 Å². The number of nitrogens with zero attached hydrogens (tertiary/aromatic N) is 1. The monoisotopic (exact) mass is 234 g/mol. The van der Waals surface area contributed by atoms with Crippen LogP contribution in [-0.4, -0.2) is 18.1 Å². The van der Waals surface area contributed by atoms with E-state index in [1.807, 2.05) is 11.3 Å². The molecule has 1 N–H and O–H groups in total. The summed E-state index contributed by atoms with van der Waals surface area (Å²) in [5.41, 5.74) is 2.42. The normalized spacial score (nSPS) is 13.2. The lowest BCUT2D eigenvalue weighted by molar-refractivity contribution is 0.633. The molecule has 2 rings (SSSR count). The molecular weight excluding hydrogens is 216 g/mol. The van der Waals surface area contributed by atoms with Gasteiger partial charge >= 0.3 is 0 Å². The van der Waals surface area contributed by atoms with Crippen LogP contribution >= 0.6 is 11.3 Å². The molecule has 0 spiro atoms. The maximum Gasteiger partial charge on any atom is 0.0979 e. The Bertz CT molecular complexity index is 476. The minimum atomic E-state index is 0.498. The molecule has 0 radical (unpaired) electrons. The lowest BCUT2D eigenvalue weighted by Gasteiger charge is -2.07. The molecule has 0 saturated heterocycles. The highest BCUT2D eigenvalue weighted by molar-refractivity contribution is 7.18. The average molecular weight is 234 g/mol. The number of aromatic nitrogens is 1. The first kappa shape index (κ1) is 11.6. The summed E-state index contributed by atoms with van der Waals surface area (Å²) in [6.45, 7) is 8.51. The van der Waals surface area contributed by atoms with Gasteiger partial charge in [0.2, 0.25) is 0 Å². The summed E-state index contributed by atoms with van der Waals surface area (Å²) in [5.74, 6) is 0.498. The third kappa shape index (κ3) is 2.42.